The summed E-state index contributed by atoms with van der Waals surface area (Å²) >= 11 is 1.51. The Morgan fingerprint density at radius 1 is 1.29 bits per heavy atom. The summed E-state index contributed by atoms with van der Waals surface area (Å²) in [5.74, 6) is -1.07. The molecule has 0 saturated heterocycles. The van der Waals surface area contributed by atoms with Crippen molar-refractivity contribution in [2.24, 2.45) is 16.8 Å². The fourth-order valence-electron chi connectivity index (χ4n) is 2.35. The summed E-state index contributed by atoms with van der Waals surface area (Å²) in [4.78, 5) is 27.2. The Labute approximate surface area is 104 Å². The van der Waals surface area contributed by atoms with Gasteiger partial charge in [-0.1, -0.05) is 24.6 Å². The fourth-order valence-corrected chi connectivity index (χ4v) is 3.08. The molecule has 2 aliphatic rings. The van der Waals surface area contributed by atoms with Gasteiger partial charge in [-0.2, -0.15) is 0 Å². The van der Waals surface area contributed by atoms with Crippen molar-refractivity contribution in [2.75, 3.05) is 12.3 Å². The van der Waals surface area contributed by atoms with Crippen LogP contribution in [0, 0.1) is 11.8 Å². The van der Waals surface area contributed by atoms with Gasteiger partial charge in [-0.05, 0) is 12.8 Å². The molecule has 2 N–H and O–H groups in total. The molecule has 0 radical (unpaired) electrons. The number of nitrogens with zero attached hydrogens (tertiary/aromatic N) is 1. The molecule has 0 aromatic carbocycles. The number of aliphatic carboxylic acids is 1. The summed E-state index contributed by atoms with van der Waals surface area (Å²) in [5, 5.41) is 12.5. The molecule has 1 aliphatic heterocycles. The zero-order valence-electron chi connectivity index (χ0n) is 9.52. The predicted octanol–water partition coefficient (Wildman–Crippen LogP) is 1.10. The number of hydrogen-bond donors (Lipinski definition) is 2. The van der Waals surface area contributed by atoms with Crippen molar-refractivity contribution in [2.45, 2.75) is 25.7 Å². The molecule has 0 aromatic rings. The van der Waals surface area contributed by atoms with E-state index in [1.807, 2.05) is 0 Å². The van der Waals surface area contributed by atoms with Crippen molar-refractivity contribution in [1.29, 1.82) is 0 Å². The second kappa shape index (κ2) is 5.53. The van der Waals surface area contributed by atoms with Crippen LogP contribution in [0.2, 0.25) is 0 Å². The Kier molecular flexibility index (Phi) is 4.04. The molecule has 5 nitrogen and oxygen atoms in total. The van der Waals surface area contributed by atoms with Gasteiger partial charge >= 0.3 is 5.97 Å². The van der Waals surface area contributed by atoms with E-state index in [-0.39, 0.29) is 5.91 Å². The number of carbonyl (C=O) groups is 2. The van der Waals surface area contributed by atoms with E-state index in [1.165, 1.54) is 11.8 Å². The van der Waals surface area contributed by atoms with Gasteiger partial charge in [0.25, 0.3) is 0 Å². The maximum atomic E-state index is 12.0. The predicted molar refractivity (Wildman–Crippen MR) is 66.0 cm³/mol. The van der Waals surface area contributed by atoms with E-state index in [0.29, 0.717) is 18.0 Å². The zero-order valence-corrected chi connectivity index (χ0v) is 10.3. The van der Waals surface area contributed by atoms with Crippen LogP contribution in [0.4, 0.5) is 0 Å². The van der Waals surface area contributed by atoms with Gasteiger partial charge < -0.3 is 10.4 Å². The summed E-state index contributed by atoms with van der Waals surface area (Å²) in [6, 6.07) is 0. The normalized spacial score (nSPS) is 28.6. The van der Waals surface area contributed by atoms with Crippen molar-refractivity contribution in [1.82, 2.24) is 5.32 Å². The van der Waals surface area contributed by atoms with E-state index in [4.69, 9.17) is 5.11 Å². The van der Waals surface area contributed by atoms with Crippen molar-refractivity contribution in [3.05, 3.63) is 0 Å². The monoisotopic (exact) mass is 256 g/mol. The van der Waals surface area contributed by atoms with Gasteiger partial charge in [-0.15, -0.1) is 0 Å². The number of carboxylic acid groups (broad SMARTS) is 1. The number of carboxylic acids is 1. The maximum absolute atomic E-state index is 12.0. The van der Waals surface area contributed by atoms with Crippen LogP contribution in [0.25, 0.3) is 0 Å². The van der Waals surface area contributed by atoms with Crippen molar-refractivity contribution < 1.29 is 14.7 Å². The summed E-state index contributed by atoms with van der Waals surface area (Å²) in [7, 11) is 0. The Bertz CT molecular complexity index is 357. The van der Waals surface area contributed by atoms with Gasteiger partial charge in [0.2, 0.25) is 5.91 Å². The molecule has 0 bridgehead atoms. The van der Waals surface area contributed by atoms with Crippen LogP contribution in [-0.2, 0) is 9.59 Å². The second-order valence-electron chi connectivity index (χ2n) is 4.36. The number of hydrogen-bond acceptors (Lipinski definition) is 4. The Morgan fingerprint density at radius 3 is 2.59 bits per heavy atom. The molecule has 0 spiro atoms. The first kappa shape index (κ1) is 12.4. The molecule has 0 aromatic heterocycles. The molecule has 1 saturated carbocycles. The van der Waals surface area contributed by atoms with Crippen LogP contribution in [0.1, 0.15) is 25.7 Å². The first-order valence-electron chi connectivity index (χ1n) is 5.89. The van der Waals surface area contributed by atoms with E-state index in [9.17, 15) is 9.59 Å². The number of aliphatic imine (C=N–C) groups is 1. The van der Waals surface area contributed by atoms with Crippen LogP contribution in [-0.4, -0.2) is 34.4 Å². The highest BCUT2D eigenvalue weighted by Crippen LogP contribution is 2.30. The minimum absolute atomic E-state index is 0.176. The van der Waals surface area contributed by atoms with Crippen molar-refractivity contribution in [3.8, 4) is 0 Å². The summed E-state index contributed by atoms with van der Waals surface area (Å²) in [6.45, 7) is 0.729. The van der Waals surface area contributed by atoms with Crippen LogP contribution >= 0.6 is 11.8 Å². The largest absolute Gasteiger partial charge is 0.481 e. The minimum Gasteiger partial charge on any atom is -0.481 e. The highest BCUT2D eigenvalue weighted by atomic mass is 32.2. The molecule has 1 aliphatic carbocycles. The summed E-state index contributed by atoms with van der Waals surface area (Å²) in [6.07, 6.45) is 3.10. The van der Waals surface area contributed by atoms with E-state index in [1.54, 1.807) is 0 Å². The molecule has 2 rings (SSSR count). The van der Waals surface area contributed by atoms with Crippen LogP contribution in [0.3, 0.4) is 0 Å². The lowest BCUT2D eigenvalue weighted by Gasteiger charge is -2.27. The molecular formula is C11H16N2O3S. The lowest BCUT2D eigenvalue weighted by Crippen LogP contribution is -2.41. The quantitative estimate of drug-likeness (QED) is 0.775. The first-order chi connectivity index (χ1) is 8.18. The van der Waals surface area contributed by atoms with Gasteiger partial charge in [0.1, 0.15) is 0 Å². The summed E-state index contributed by atoms with van der Waals surface area (Å²) < 4.78 is 0. The number of carbonyl (C=O) groups excluding carboxylic acids is 1. The van der Waals surface area contributed by atoms with Gasteiger partial charge in [0.05, 0.1) is 18.4 Å². The molecule has 1 amide bonds. The number of nitrogens with one attached hydrogen (secondary N) is 1. The topological polar surface area (TPSA) is 78.8 Å². The van der Waals surface area contributed by atoms with Crippen molar-refractivity contribution in [3.63, 3.8) is 0 Å². The molecule has 2 atom stereocenters. The Morgan fingerprint density at radius 2 is 2.00 bits per heavy atom. The zero-order chi connectivity index (χ0) is 12.3. The van der Waals surface area contributed by atoms with Crippen LogP contribution < -0.4 is 5.32 Å². The maximum Gasteiger partial charge on any atom is 0.307 e. The molecule has 6 heteroatoms. The third kappa shape index (κ3) is 3.00. The number of amides is 1. The van der Waals surface area contributed by atoms with Crippen molar-refractivity contribution >= 4 is 28.8 Å². The lowest BCUT2D eigenvalue weighted by molar-refractivity contribution is -0.148. The average molecular weight is 256 g/mol. The fraction of sp³-hybridized carbons (Fsp3) is 0.727. The molecule has 17 heavy (non-hydrogen) atoms. The third-order valence-corrected chi connectivity index (χ3v) is 4.13. The second-order valence-corrected chi connectivity index (χ2v) is 5.44. The third-order valence-electron chi connectivity index (χ3n) is 3.24. The lowest BCUT2D eigenvalue weighted by atomic mass is 9.79. The summed E-state index contributed by atoms with van der Waals surface area (Å²) in [5.41, 5.74) is 0. The van der Waals surface area contributed by atoms with E-state index in [0.717, 1.165) is 25.1 Å². The number of thioether (sulfide) groups is 1. The Balaban J connectivity index is 1.98. The molecule has 0 unspecified atom stereocenters. The van der Waals surface area contributed by atoms with Crippen LogP contribution in [0.15, 0.2) is 4.99 Å². The SMILES string of the molecule is O=C(O)[C@H]1CCCC[C@H]1C(=O)NC1=NCCS1. The minimum atomic E-state index is -0.856. The van der Waals surface area contributed by atoms with Crippen LogP contribution in [0.5, 0.6) is 0 Å². The number of rotatable bonds is 2. The molecule has 1 fully saturated rings. The highest BCUT2D eigenvalue weighted by Gasteiger charge is 2.36. The molecule has 94 valence electrons. The highest BCUT2D eigenvalue weighted by molar-refractivity contribution is 8.14. The van der Waals surface area contributed by atoms with Gasteiger partial charge in [-0.3, -0.25) is 14.6 Å². The Hall–Kier alpha value is -1.04. The first-order valence-corrected chi connectivity index (χ1v) is 6.88. The number of amidine groups is 1. The van der Waals surface area contributed by atoms with E-state index < -0.39 is 17.8 Å². The van der Waals surface area contributed by atoms with E-state index >= 15 is 0 Å². The van der Waals surface area contributed by atoms with Gasteiger partial charge in [0.15, 0.2) is 5.17 Å². The average Bonchev–Trinajstić information content (AvgIpc) is 2.81. The van der Waals surface area contributed by atoms with Gasteiger partial charge in [-0.25, -0.2) is 0 Å². The van der Waals surface area contributed by atoms with E-state index in [2.05, 4.69) is 10.3 Å². The standard InChI is InChI=1S/C11H16N2O3S/c14-9(13-11-12-5-6-17-11)7-3-1-2-4-8(7)10(15)16/h7-8H,1-6H2,(H,15,16)(H,12,13,14)/t7-,8+/m1/s1. The molecular weight excluding hydrogens is 240 g/mol. The molecule has 1 heterocycles. The van der Waals surface area contributed by atoms with Gasteiger partial charge in [0, 0.05) is 5.75 Å². The smallest absolute Gasteiger partial charge is 0.307 e.